The van der Waals surface area contributed by atoms with Crippen LogP contribution < -0.4 is 0 Å². The number of fused-ring (bicyclic) bond motifs is 8. The summed E-state index contributed by atoms with van der Waals surface area (Å²) in [6.45, 7) is 4.24. The van der Waals surface area contributed by atoms with Gasteiger partial charge in [-0.25, -0.2) is 9.37 Å². The highest BCUT2D eigenvalue weighted by molar-refractivity contribution is 6.14. The van der Waals surface area contributed by atoms with Crippen LogP contribution in [0.2, 0.25) is 0 Å². The van der Waals surface area contributed by atoms with Crippen LogP contribution in [0.1, 0.15) is 36.3 Å². The number of benzene rings is 2. The minimum Gasteiger partial charge on any atom is -0.295 e. The summed E-state index contributed by atoms with van der Waals surface area (Å²) in [6, 6.07) is 12.5. The van der Waals surface area contributed by atoms with Gasteiger partial charge in [-0.1, -0.05) is 32.0 Å². The smallest absolute Gasteiger partial charge is 0.165 e. The molecular formula is C21H17FN2O. The van der Waals surface area contributed by atoms with E-state index in [1.165, 1.54) is 12.1 Å². The number of carbonyl (C=O) groups excluding carboxylic acids is 1. The van der Waals surface area contributed by atoms with Gasteiger partial charge in [-0.05, 0) is 41.5 Å². The fourth-order valence-electron chi connectivity index (χ4n) is 4.18. The number of halogens is 1. The van der Waals surface area contributed by atoms with Crippen LogP contribution in [-0.4, -0.2) is 15.2 Å². The van der Waals surface area contributed by atoms with Gasteiger partial charge < -0.3 is 0 Å². The Balaban J connectivity index is 2.09. The van der Waals surface area contributed by atoms with E-state index in [0.717, 1.165) is 39.7 Å². The van der Waals surface area contributed by atoms with Crippen LogP contribution in [0, 0.1) is 11.2 Å². The molecule has 4 aromatic rings. The van der Waals surface area contributed by atoms with E-state index in [9.17, 15) is 9.18 Å². The summed E-state index contributed by atoms with van der Waals surface area (Å²) in [7, 11) is 0. The van der Waals surface area contributed by atoms with Crippen LogP contribution >= 0.6 is 0 Å². The molecule has 0 saturated heterocycles. The molecule has 2 aromatic carbocycles. The van der Waals surface area contributed by atoms with Crippen LogP contribution in [0.5, 0.6) is 0 Å². The number of imidazole rings is 1. The number of aromatic nitrogens is 2. The molecule has 0 bridgehead atoms. The number of rotatable bonds is 0. The van der Waals surface area contributed by atoms with Crippen molar-refractivity contribution in [2.24, 2.45) is 5.41 Å². The fourth-order valence-corrected chi connectivity index (χ4v) is 4.18. The molecule has 2 heterocycles. The van der Waals surface area contributed by atoms with Crippen LogP contribution in [0.25, 0.3) is 27.5 Å². The third-order valence-corrected chi connectivity index (χ3v) is 5.18. The molecular weight excluding hydrogens is 315 g/mol. The van der Waals surface area contributed by atoms with Gasteiger partial charge in [0, 0.05) is 23.1 Å². The van der Waals surface area contributed by atoms with E-state index in [0.29, 0.717) is 11.8 Å². The van der Waals surface area contributed by atoms with Gasteiger partial charge in [-0.15, -0.1) is 0 Å². The molecule has 4 heteroatoms. The predicted octanol–water partition coefficient (Wildman–Crippen LogP) is 4.93. The average Bonchev–Trinajstić information content (AvgIpc) is 2.94. The SMILES string of the molecule is CC1(C)CC(=O)c2c(n3c4ccccc4nc3c3cc(F)ccc23)C1. The Bertz CT molecular complexity index is 1200. The molecule has 25 heavy (non-hydrogen) atoms. The van der Waals surface area contributed by atoms with Gasteiger partial charge in [0.25, 0.3) is 0 Å². The maximum Gasteiger partial charge on any atom is 0.165 e. The molecule has 0 fully saturated rings. The highest BCUT2D eigenvalue weighted by Crippen LogP contribution is 2.40. The number of pyridine rings is 1. The van der Waals surface area contributed by atoms with Crippen molar-refractivity contribution in [3.63, 3.8) is 0 Å². The molecule has 0 saturated carbocycles. The van der Waals surface area contributed by atoms with Crippen molar-refractivity contribution in [2.45, 2.75) is 26.7 Å². The van der Waals surface area contributed by atoms with E-state index in [1.54, 1.807) is 6.07 Å². The summed E-state index contributed by atoms with van der Waals surface area (Å²) in [6.07, 6.45) is 1.29. The number of Topliss-reactive ketones (excluding diaryl/α,β-unsaturated/α-hetero) is 1. The number of ketones is 1. The van der Waals surface area contributed by atoms with Crippen molar-refractivity contribution in [1.82, 2.24) is 9.38 Å². The second-order valence-corrected chi connectivity index (χ2v) is 7.71. The van der Waals surface area contributed by atoms with Gasteiger partial charge in [0.2, 0.25) is 0 Å². The van der Waals surface area contributed by atoms with Crippen molar-refractivity contribution < 1.29 is 9.18 Å². The summed E-state index contributed by atoms with van der Waals surface area (Å²) in [5.74, 6) is -0.187. The lowest BCUT2D eigenvalue weighted by Gasteiger charge is -2.31. The van der Waals surface area contributed by atoms with E-state index in [4.69, 9.17) is 4.98 Å². The first kappa shape index (κ1) is 14.6. The zero-order valence-electron chi connectivity index (χ0n) is 14.1. The van der Waals surface area contributed by atoms with E-state index in [1.807, 2.05) is 24.3 Å². The summed E-state index contributed by atoms with van der Waals surface area (Å²) >= 11 is 0. The number of carbonyl (C=O) groups is 1. The Morgan fingerprint density at radius 3 is 2.72 bits per heavy atom. The Hall–Kier alpha value is -2.75. The van der Waals surface area contributed by atoms with Crippen molar-refractivity contribution in [3.8, 4) is 0 Å². The summed E-state index contributed by atoms with van der Waals surface area (Å²) in [4.78, 5) is 17.7. The Morgan fingerprint density at radius 2 is 1.88 bits per heavy atom. The van der Waals surface area contributed by atoms with E-state index >= 15 is 0 Å². The number of para-hydroxylation sites is 2. The average molecular weight is 332 g/mol. The maximum atomic E-state index is 14.0. The van der Waals surface area contributed by atoms with Gasteiger partial charge in [-0.3, -0.25) is 9.20 Å². The largest absolute Gasteiger partial charge is 0.295 e. The van der Waals surface area contributed by atoms with Crippen LogP contribution in [0.4, 0.5) is 4.39 Å². The van der Waals surface area contributed by atoms with E-state index in [2.05, 4.69) is 18.2 Å². The molecule has 0 aliphatic heterocycles. The fraction of sp³-hybridized carbons (Fsp3) is 0.238. The van der Waals surface area contributed by atoms with E-state index in [-0.39, 0.29) is 17.0 Å². The first-order chi connectivity index (χ1) is 11.9. The van der Waals surface area contributed by atoms with Crippen molar-refractivity contribution >= 4 is 33.2 Å². The molecule has 3 nitrogen and oxygen atoms in total. The normalized spacial score (nSPS) is 16.7. The zero-order chi connectivity index (χ0) is 17.3. The van der Waals surface area contributed by atoms with Crippen LogP contribution in [0.3, 0.4) is 0 Å². The monoisotopic (exact) mass is 332 g/mol. The molecule has 0 N–H and O–H groups in total. The molecule has 0 amide bonds. The Kier molecular flexibility index (Phi) is 2.72. The first-order valence-corrected chi connectivity index (χ1v) is 8.49. The molecule has 124 valence electrons. The highest BCUT2D eigenvalue weighted by Gasteiger charge is 2.34. The molecule has 0 spiro atoms. The van der Waals surface area contributed by atoms with Gasteiger partial charge in [-0.2, -0.15) is 0 Å². The quantitative estimate of drug-likeness (QED) is 0.457. The second-order valence-electron chi connectivity index (χ2n) is 7.71. The number of hydrogen-bond acceptors (Lipinski definition) is 2. The number of nitrogens with zero attached hydrogens (tertiary/aromatic N) is 2. The molecule has 5 rings (SSSR count). The van der Waals surface area contributed by atoms with Gasteiger partial charge in [0.05, 0.1) is 11.0 Å². The van der Waals surface area contributed by atoms with Crippen LogP contribution in [-0.2, 0) is 6.42 Å². The molecule has 0 atom stereocenters. The van der Waals surface area contributed by atoms with E-state index < -0.39 is 0 Å². The van der Waals surface area contributed by atoms with Crippen molar-refractivity contribution in [1.29, 1.82) is 0 Å². The third kappa shape index (κ3) is 1.97. The summed E-state index contributed by atoms with van der Waals surface area (Å²) < 4.78 is 16.0. The Morgan fingerprint density at radius 1 is 1.08 bits per heavy atom. The minimum absolute atomic E-state index is 0.101. The number of hydrogen-bond donors (Lipinski definition) is 0. The summed E-state index contributed by atoms with van der Waals surface area (Å²) in [5, 5.41) is 1.50. The lowest BCUT2D eigenvalue weighted by Crippen LogP contribution is -2.29. The second kappa shape index (κ2) is 4.66. The zero-order valence-corrected chi connectivity index (χ0v) is 14.1. The highest BCUT2D eigenvalue weighted by atomic mass is 19.1. The van der Waals surface area contributed by atoms with Gasteiger partial charge in [0.15, 0.2) is 5.78 Å². The summed E-state index contributed by atoms with van der Waals surface area (Å²) in [5.41, 5.74) is 4.16. The molecule has 1 aliphatic rings. The van der Waals surface area contributed by atoms with Crippen molar-refractivity contribution in [3.05, 3.63) is 59.5 Å². The topological polar surface area (TPSA) is 34.4 Å². The van der Waals surface area contributed by atoms with Gasteiger partial charge in [0.1, 0.15) is 11.5 Å². The lowest BCUT2D eigenvalue weighted by molar-refractivity contribution is 0.0912. The first-order valence-electron chi connectivity index (χ1n) is 8.49. The molecule has 2 aromatic heterocycles. The molecule has 0 radical (unpaired) electrons. The standard InChI is InChI=1S/C21H17FN2O/c1-21(2)10-17-19(18(25)11-21)13-8-7-12(22)9-14(13)20-23-15-5-3-4-6-16(15)24(17)20/h3-9H,10-11H2,1-2H3. The maximum absolute atomic E-state index is 14.0. The minimum atomic E-state index is -0.315. The predicted molar refractivity (Wildman–Crippen MR) is 96.6 cm³/mol. The molecule has 1 aliphatic carbocycles. The Labute approximate surface area is 144 Å². The lowest BCUT2D eigenvalue weighted by atomic mass is 9.74. The third-order valence-electron chi connectivity index (χ3n) is 5.18. The van der Waals surface area contributed by atoms with Crippen LogP contribution in [0.15, 0.2) is 42.5 Å². The van der Waals surface area contributed by atoms with Gasteiger partial charge >= 0.3 is 0 Å². The van der Waals surface area contributed by atoms with Crippen molar-refractivity contribution in [2.75, 3.05) is 0 Å². The molecule has 0 unspecified atom stereocenters.